The van der Waals surface area contributed by atoms with E-state index in [4.69, 9.17) is 10.00 Å². The average Bonchev–Trinajstić information content (AvgIpc) is 2.17. The van der Waals surface area contributed by atoms with Crippen molar-refractivity contribution in [1.82, 2.24) is 9.97 Å². The van der Waals surface area contributed by atoms with Gasteiger partial charge in [-0.05, 0) is 6.08 Å². The zero-order chi connectivity index (χ0) is 8.39. The van der Waals surface area contributed by atoms with Gasteiger partial charge in [-0.3, -0.25) is 0 Å². The fourth-order valence-electron chi connectivity index (χ4n) is 0.989. The van der Waals surface area contributed by atoms with Crippen LogP contribution in [0.1, 0.15) is 5.56 Å². The number of nitrogens with zero attached hydrogens (tertiary/aromatic N) is 3. The van der Waals surface area contributed by atoms with E-state index in [2.05, 4.69) is 9.97 Å². The summed E-state index contributed by atoms with van der Waals surface area (Å²) in [4.78, 5) is 7.72. The van der Waals surface area contributed by atoms with Gasteiger partial charge in [-0.15, -0.1) is 0 Å². The molecule has 0 fully saturated rings. The number of fused-ring (bicyclic) bond motifs is 1. The smallest absolute Gasteiger partial charge is 0.224 e. The Morgan fingerprint density at radius 2 is 2.50 bits per heavy atom. The van der Waals surface area contributed by atoms with Gasteiger partial charge in [-0.25, -0.2) is 9.97 Å². The van der Waals surface area contributed by atoms with E-state index >= 15 is 0 Å². The molecule has 0 radical (unpaired) electrons. The highest BCUT2D eigenvalue weighted by atomic mass is 16.5. The molecular formula is C8H5N3O. The average molecular weight is 159 g/mol. The van der Waals surface area contributed by atoms with E-state index < -0.39 is 0 Å². The molecule has 1 aromatic rings. The molecule has 0 aliphatic carbocycles. The Balaban J connectivity index is 2.49. The Morgan fingerprint density at radius 3 is 3.33 bits per heavy atom. The van der Waals surface area contributed by atoms with Crippen LogP contribution in [0.5, 0.6) is 5.88 Å². The van der Waals surface area contributed by atoms with Crippen LogP contribution in [-0.4, -0.2) is 16.6 Å². The monoisotopic (exact) mass is 159 g/mol. The lowest BCUT2D eigenvalue weighted by atomic mass is 10.2. The number of aromatic nitrogens is 2. The lowest BCUT2D eigenvalue weighted by Gasteiger charge is -2.11. The van der Waals surface area contributed by atoms with Crippen molar-refractivity contribution in [3.05, 3.63) is 23.7 Å². The van der Waals surface area contributed by atoms with Crippen LogP contribution in [-0.2, 0) is 0 Å². The normalized spacial score (nSPS) is 13.8. The molecule has 58 valence electrons. The highest BCUT2D eigenvalue weighted by Crippen LogP contribution is 2.21. The Bertz CT molecular complexity index is 378. The van der Waals surface area contributed by atoms with Gasteiger partial charge in [0.15, 0.2) is 0 Å². The second-order valence-corrected chi connectivity index (χ2v) is 2.35. The SMILES string of the molecule is N#CC1=Cc2cncnc2OC1. The molecule has 0 saturated heterocycles. The molecule has 0 unspecified atom stereocenters. The van der Waals surface area contributed by atoms with Crippen molar-refractivity contribution in [3.63, 3.8) is 0 Å². The molecule has 4 heteroatoms. The summed E-state index contributed by atoms with van der Waals surface area (Å²) < 4.78 is 5.19. The van der Waals surface area contributed by atoms with Crippen molar-refractivity contribution < 1.29 is 4.74 Å². The number of ether oxygens (including phenoxy) is 1. The van der Waals surface area contributed by atoms with Crippen molar-refractivity contribution in [2.75, 3.05) is 6.61 Å². The lowest BCUT2D eigenvalue weighted by Crippen LogP contribution is -2.07. The van der Waals surface area contributed by atoms with Gasteiger partial charge in [0, 0.05) is 6.20 Å². The molecule has 0 saturated carbocycles. The molecule has 4 nitrogen and oxygen atoms in total. The van der Waals surface area contributed by atoms with Gasteiger partial charge in [0.05, 0.1) is 17.2 Å². The predicted octanol–water partition coefficient (Wildman–Crippen LogP) is 0.776. The molecular weight excluding hydrogens is 154 g/mol. The van der Waals surface area contributed by atoms with Crippen molar-refractivity contribution in [1.29, 1.82) is 5.26 Å². The maximum absolute atomic E-state index is 8.58. The summed E-state index contributed by atoms with van der Waals surface area (Å²) >= 11 is 0. The third-order valence-corrected chi connectivity index (χ3v) is 1.54. The maximum atomic E-state index is 8.58. The fourth-order valence-corrected chi connectivity index (χ4v) is 0.989. The molecule has 0 aromatic carbocycles. The molecule has 0 N–H and O–H groups in total. The van der Waals surface area contributed by atoms with Gasteiger partial charge in [0.25, 0.3) is 0 Å². The molecule has 1 aliphatic rings. The standard InChI is InChI=1S/C8H5N3O/c9-2-6-1-7-3-10-5-11-8(7)12-4-6/h1,3,5H,4H2. The van der Waals surface area contributed by atoms with Gasteiger partial charge in [0.2, 0.25) is 5.88 Å². The topological polar surface area (TPSA) is 58.8 Å². The molecule has 1 aliphatic heterocycles. The molecule has 2 heterocycles. The van der Waals surface area contributed by atoms with Gasteiger partial charge in [-0.1, -0.05) is 0 Å². The minimum atomic E-state index is 0.306. The summed E-state index contributed by atoms with van der Waals surface area (Å²) in [7, 11) is 0. The zero-order valence-corrected chi connectivity index (χ0v) is 6.19. The van der Waals surface area contributed by atoms with Gasteiger partial charge >= 0.3 is 0 Å². The first kappa shape index (κ1) is 6.80. The lowest BCUT2D eigenvalue weighted by molar-refractivity contribution is 0.336. The summed E-state index contributed by atoms with van der Waals surface area (Å²) in [5.41, 5.74) is 1.36. The number of rotatable bonds is 0. The first-order valence-electron chi connectivity index (χ1n) is 3.43. The molecule has 1 aromatic heterocycles. The van der Waals surface area contributed by atoms with Gasteiger partial charge in [0.1, 0.15) is 12.9 Å². The molecule has 0 atom stereocenters. The largest absolute Gasteiger partial charge is 0.472 e. The van der Waals surface area contributed by atoms with Crippen LogP contribution in [0.4, 0.5) is 0 Å². The zero-order valence-electron chi connectivity index (χ0n) is 6.19. The van der Waals surface area contributed by atoms with E-state index in [1.54, 1.807) is 12.3 Å². The van der Waals surface area contributed by atoms with Crippen molar-refractivity contribution >= 4 is 6.08 Å². The van der Waals surface area contributed by atoms with Crippen LogP contribution in [0.15, 0.2) is 18.1 Å². The van der Waals surface area contributed by atoms with Crippen molar-refractivity contribution in [3.8, 4) is 11.9 Å². The van der Waals surface area contributed by atoms with Gasteiger partial charge in [-0.2, -0.15) is 5.26 Å². The van der Waals surface area contributed by atoms with E-state index in [-0.39, 0.29) is 0 Å². The van der Waals surface area contributed by atoms with Crippen LogP contribution in [0, 0.1) is 11.3 Å². The quantitative estimate of drug-likeness (QED) is 0.561. The molecule has 12 heavy (non-hydrogen) atoms. The Hall–Kier alpha value is -1.89. The van der Waals surface area contributed by atoms with Gasteiger partial charge < -0.3 is 4.74 Å². The Morgan fingerprint density at radius 1 is 1.58 bits per heavy atom. The van der Waals surface area contributed by atoms with E-state index in [0.29, 0.717) is 18.1 Å². The maximum Gasteiger partial charge on any atom is 0.224 e. The summed E-state index contributed by atoms with van der Waals surface area (Å²) in [6.07, 6.45) is 4.78. The van der Waals surface area contributed by atoms with E-state index in [1.165, 1.54) is 6.33 Å². The summed E-state index contributed by atoms with van der Waals surface area (Å²) in [6, 6.07) is 2.03. The second kappa shape index (κ2) is 2.62. The molecule has 0 bridgehead atoms. The molecule has 2 rings (SSSR count). The highest BCUT2D eigenvalue weighted by Gasteiger charge is 2.11. The van der Waals surface area contributed by atoms with E-state index in [1.807, 2.05) is 6.07 Å². The van der Waals surface area contributed by atoms with Crippen molar-refractivity contribution in [2.24, 2.45) is 0 Å². The Labute approximate surface area is 69.1 Å². The van der Waals surface area contributed by atoms with Crippen LogP contribution >= 0.6 is 0 Å². The van der Waals surface area contributed by atoms with Crippen LogP contribution in [0.3, 0.4) is 0 Å². The number of nitriles is 1. The van der Waals surface area contributed by atoms with Crippen molar-refractivity contribution in [2.45, 2.75) is 0 Å². The molecule has 0 amide bonds. The number of hydrogen-bond donors (Lipinski definition) is 0. The van der Waals surface area contributed by atoms with Crippen LogP contribution < -0.4 is 4.74 Å². The highest BCUT2D eigenvalue weighted by molar-refractivity contribution is 5.62. The minimum absolute atomic E-state index is 0.306. The first-order valence-corrected chi connectivity index (χ1v) is 3.43. The summed E-state index contributed by atoms with van der Waals surface area (Å²) in [5.74, 6) is 0.545. The van der Waals surface area contributed by atoms with E-state index in [0.717, 1.165) is 5.56 Å². The van der Waals surface area contributed by atoms with E-state index in [9.17, 15) is 0 Å². The molecule has 0 spiro atoms. The minimum Gasteiger partial charge on any atom is -0.472 e. The summed E-state index contributed by atoms with van der Waals surface area (Å²) in [6.45, 7) is 0.306. The predicted molar refractivity (Wildman–Crippen MR) is 41.1 cm³/mol. The second-order valence-electron chi connectivity index (χ2n) is 2.35. The fraction of sp³-hybridized carbons (Fsp3) is 0.125. The van der Waals surface area contributed by atoms with Crippen LogP contribution in [0.2, 0.25) is 0 Å². The third kappa shape index (κ3) is 1.01. The first-order chi connectivity index (χ1) is 5.90. The summed E-state index contributed by atoms with van der Waals surface area (Å²) in [5, 5.41) is 8.58. The number of hydrogen-bond acceptors (Lipinski definition) is 4. The third-order valence-electron chi connectivity index (χ3n) is 1.54. The van der Waals surface area contributed by atoms with Crippen LogP contribution in [0.25, 0.3) is 6.08 Å². The Kier molecular flexibility index (Phi) is 1.49.